The Balaban J connectivity index is 0.000000251. The van der Waals surface area contributed by atoms with Gasteiger partial charge in [0.05, 0.1) is 13.2 Å². The van der Waals surface area contributed by atoms with Crippen LogP contribution in [0, 0.1) is 7.14 Å². The minimum atomic E-state index is -0.134. The van der Waals surface area contributed by atoms with Crippen LogP contribution in [0.4, 0.5) is 0 Å². The van der Waals surface area contributed by atoms with Crippen LogP contribution in [0.25, 0.3) is 0 Å². The standard InChI is InChI=1S/C10H14INO.C9H12INO/c1-13-7-10(12)6-8-2-4-9(11)5-3-8;10-8-3-1-7(2-4-8)5-9(11)6-12/h2-5,10H,6-7,12H2,1H3;1-4,9,12H,5-6,11H2. The zero-order chi connectivity index (χ0) is 18.7. The largest absolute Gasteiger partial charge is 0.395 e. The first-order chi connectivity index (χ1) is 11.9. The molecule has 2 atom stereocenters. The minimum Gasteiger partial charge on any atom is -0.395 e. The van der Waals surface area contributed by atoms with E-state index in [4.69, 9.17) is 21.3 Å². The number of halogens is 2. The summed E-state index contributed by atoms with van der Waals surface area (Å²) in [7, 11) is 1.67. The number of methoxy groups -OCH3 is 1. The number of nitrogens with two attached hydrogens (primary N) is 2. The average molecular weight is 568 g/mol. The van der Waals surface area contributed by atoms with Crippen molar-refractivity contribution in [3.63, 3.8) is 0 Å². The van der Waals surface area contributed by atoms with Gasteiger partial charge in [0.2, 0.25) is 0 Å². The smallest absolute Gasteiger partial charge is 0.0616 e. The van der Waals surface area contributed by atoms with Crippen LogP contribution >= 0.6 is 45.2 Å². The summed E-state index contributed by atoms with van der Waals surface area (Å²) in [5, 5.41) is 8.72. The Morgan fingerprint density at radius 2 is 1.24 bits per heavy atom. The lowest BCUT2D eigenvalue weighted by Crippen LogP contribution is -2.27. The van der Waals surface area contributed by atoms with Crippen molar-refractivity contribution < 1.29 is 9.84 Å². The fourth-order valence-corrected chi connectivity index (χ4v) is 2.90. The van der Waals surface area contributed by atoms with Crippen molar-refractivity contribution in [2.75, 3.05) is 20.3 Å². The molecule has 0 aliphatic rings. The summed E-state index contributed by atoms with van der Waals surface area (Å²) in [5.74, 6) is 0. The molecular formula is C19H26I2N2O2. The first kappa shape index (κ1) is 22.8. The molecule has 0 saturated heterocycles. The zero-order valence-electron chi connectivity index (χ0n) is 14.4. The van der Waals surface area contributed by atoms with Crippen LogP contribution < -0.4 is 11.5 Å². The van der Waals surface area contributed by atoms with E-state index in [0.29, 0.717) is 6.61 Å². The molecule has 0 bridgehead atoms. The maximum Gasteiger partial charge on any atom is 0.0616 e. The maximum atomic E-state index is 8.72. The van der Waals surface area contributed by atoms with Gasteiger partial charge in [-0.2, -0.15) is 0 Å². The second-order valence-electron chi connectivity index (χ2n) is 5.82. The number of rotatable bonds is 7. The lowest BCUT2D eigenvalue weighted by atomic mass is 10.1. The van der Waals surface area contributed by atoms with Gasteiger partial charge < -0.3 is 21.3 Å². The van der Waals surface area contributed by atoms with E-state index < -0.39 is 0 Å². The van der Waals surface area contributed by atoms with Crippen LogP contribution in [0.15, 0.2) is 48.5 Å². The van der Waals surface area contributed by atoms with E-state index in [1.165, 1.54) is 18.3 Å². The van der Waals surface area contributed by atoms with Gasteiger partial charge >= 0.3 is 0 Å². The molecule has 2 aromatic carbocycles. The first-order valence-corrected chi connectivity index (χ1v) is 10.2. The average Bonchev–Trinajstić information content (AvgIpc) is 2.60. The van der Waals surface area contributed by atoms with Crippen molar-refractivity contribution in [3.8, 4) is 0 Å². The van der Waals surface area contributed by atoms with Gasteiger partial charge in [0.25, 0.3) is 0 Å². The summed E-state index contributed by atoms with van der Waals surface area (Å²) in [5.41, 5.74) is 13.9. The number of aliphatic hydroxyl groups is 1. The molecule has 138 valence electrons. The molecule has 2 unspecified atom stereocenters. The normalized spacial score (nSPS) is 12.9. The molecule has 0 aliphatic carbocycles. The Bertz CT molecular complexity index is 591. The zero-order valence-corrected chi connectivity index (χ0v) is 18.7. The molecule has 2 rings (SSSR count). The van der Waals surface area contributed by atoms with Crippen molar-refractivity contribution in [3.05, 3.63) is 66.8 Å². The highest BCUT2D eigenvalue weighted by atomic mass is 127. The SMILES string of the molecule is COCC(N)Cc1ccc(I)cc1.NC(CO)Cc1ccc(I)cc1. The molecule has 0 saturated carbocycles. The third kappa shape index (κ3) is 10.5. The van der Waals surface area contributed by atoms with Gasteiger partial charge in [-0.1, -0.05) is 24.3 Å². The lowest BCUT2D eigenvalue weighted by Gasteiger charge is -2.09. The fraction of sp³-hybridized carbons (Fsp3) is 0.368. The van der Waals surface area contributed by atoms with Crippen LogP contribution in [0.1, 0.15) is 11.1 Å². The molecule has 5 N–H and O–H groups in total. The molecule has 6 heteroatoms. The third-order valence-electron chi connectivity index (χ3n) is 3.44. The van der Waals surface area contributed by atoms with E-state index >= 15 is 0 Å². The van der Waals surface area contributed by atoms with Crippen molar-refractivity contribution >= 4 is 45.2 Å². The highest BCUT2D eigenvalue weighted by Crippen LogP contribution is 2.09. The second-order valence-corrected chi connectivity index (χ2v) is 8.31. The number of hydrogen-bond acceptors (Lipinski definition) is 4. The van der Waals surface area contributed by atoms with Gasteiger partial charge in [-0.15, -0.1) is 0 Å². The summed E-state index contributed by atoms with van der Waals surface area (Å²) < 4.78 is 7.44. The fourth-order valence-electron chi connectivity index (χ4n) is 2.18. The summed E-state index contributed by atoms with van der Waals surface area (Å²) >= 11 is 4.55. The summed E-state index contributed by atoms with van der Waals surface area (Å²) in [6.45, 7) is 0.665. The monoisotopic (exact) mass is 568 g/mol. The highest BCUT2D eigenvalue weighted by Gasteiger charge is 2.03. The summed E-state index contributed by atoms with van der Waals surface area (Å²) in [6, 6.07) is 16.5. The van der Waals surface area contributed by atoms with E-state index in [9.17, 15) is 0 Å². The van der Waals surface area contributed by atoms with Gasteiger partial charge in [0.15, 0.2) is 0 Å². The Morgan fingerprint density at radius 3 is 1.60 bits per heavy atom. The molecule has 25 heavy (non-hydrogen) atoms. The third-order valence-corrected chi connectivity index (χ3v) is 4.88. The number of benzene rings is 2. The van der Waals surface area contributed by atoms with Crippen LogP contribution in [0.2, 0.25) is 0 Å². The van der Waals surface area contributed by atoms with Crippen molar-refractivity contribution in [2.24, 2.45) is 11.5 Å². The van der Waals surface area contributed by atoms with Gasteiger partial charge in [0, 0.05) is 26.3 Å². The first-order valence-electron chi connectivity index (χ1n) is 8.04. The Hall–Kier alpha value is -0.260. The van der Waals surface area contributed by atoms with Crippen LogP contribution in [-0.4, -0.2) is 37.5 Å². The molecule has 0 spiro atoms. The summed E-state index contributed by atoms with van der Waals surface area (Å²) in [6.07, 6.45) is 1.62. The van der Waals surface area contributed by atoms with E-state index in [0.717, 1.165) is 12.8 Å². The molecule has 0 amide bonds. The number of ether oxygens (including phenoxy) is 1. The van der Waals surface area contributed by atoms with Crippen molar-refractivity contribution in [1.82, 2.24) is 0 Å². The van der Waals surface area contributed by atoms with E-state index in [2.05, 4.69) is 69.4 Å². The van der Waals surface area contributed by atoms with Gasteiger partial charge in [-0.05, 0) is 93.4 Å². The highest BCUT2D eigenvalue weighted by molar-refractivity contribution is 14.1. The second kappa shape index (κ2) is 13.0. The number of aliphatic hydroxyl groups excluding tert-OH is 1. The van der Waals surface area contributed by atoms with Gasteiger partial charge in [-0.25, -0.2) is 0 Å². The molecule has 0 heterocycles. The topological polar surface area (TPSA) is 81.5 Å². The van der Waals surface area contributed by atoms with Gasteiger partial charge in [-0.3, -0.25) is 0 Å². The summed E-state index contributed by atoms with van der Waals surface area (Å²) in [4.78, 5) is 0. The molecule has 0 radical (unpaired) electrons. The Morgan fingerprint density at radius 1 is 0.840 bits per heavy atom. The lowest BCUT2D eigenvalue weighted by molar-refractivity contribution is 0.180. The predicted octanol–water partition coefficient (Wildman–Crippen LogP) is 2.96. The maximum absolute atomic E-state index is 8.72. The molecule has 0 aliphatic heterocycles. The molecule has 0 fully saturated rings. The van der Waals surface area contributed by atoms with E-state index in [1.807, 2.05) is 24.3 Å². The van der Waals surface area contributed by atoms with Crippen LogP contribution in [0.5, 0.6) is 0 Å². The Labute approximate surface area is 177 Å². The number of hydrogen-bond donors (Lipinski definition) is 3. The molecule has 4 nitrogen and oxygen atoms in total. The van der Waals surface area contributed by atoms with Gasteiger partial charge in [0.1, 0.15) is 0 Å². The van der Waals surface area contributed by atoms with Crippen molar-refractivity contribution in [1.29, 1.82) is 0 Å². The minimum absolute atomic E-state index is 0.0476. The predicted molar refractivity (Wildman–Crippen MR) is 121 cm³/mol. The van der Waals surface area contributed by atoms with E-state index in [-0.39, 0.29) is 18.7 Å². The van der Waals surface area contributed by atoms with Crippen molar-refractivity contribution in [2.45, 2.75) is 24.9 Å². The molecule has 2 aromatic rings. The quantitative estimate of drug-likeness (QED) is 0.449. The molecular weight excluding hydrogens is 542 g/mol. The molecule has 0 aromatic heterocycles. The van der Waals surface area contributed by atoms with Crippen LogP contribution in [0.3, 0.4) is 0 Å². The van der Waals surface area contributed by atoms with E-state index in [1.54, 1.807) is 7.11 Å². The Kier molecular flexibility index (Phi) is 11.8. The van der Waals surface area contributed by atoms with Crippen LogP contribution in [-0.2, 0) is 17.6 Å².